The molecule has 0 aromatic heterocycles. The Morgan fingerprint density at radius 3 is 2.39 bits per heavy atom. The molecule has 2 fully saturated rings. The number of rotatable bonds is 2. The second-order valence-corrected chi connectivity index (χ2v) is 6.44. The molecular weight excluding hydrogens is 228 g/mol. The summed E-state index contributed by atoms with van der Waals surface area (Å²) in [7, 11) is 0. The molecular formula is C14H26N2O2. The number of nitrogens with one attached hydrogen (secondary N) is 1. The van der Waals surface area contributed by atoms with Crippen LogP contribution in [0.15, 0.2) is 0 Å². The SMILES string of the molecule is CC(C)(C)N1CCC(NC(=O)C2CCCO2)CC1. The fourth-order valence-electron chi connectivity index (χ4n) is 2.77. The average molecular weight is 254 g/mol. The number of likely N-dealkylation sites (tertiary alicyclic amines) is 1. The molecule has 0 spiro atoms. The highest BCUT2D eigenvalue weighted by atomic mass is 16.5. The van der Waals surface area contributed by atoms with Gasteiger partial charge in [-0.2, -0.15) is 0 Å². The van der Waals surface area contributed by atoms with Gasteiger partial charge in [-0.1, -0.05) is 0 Å². The lowest BCUT2D eigenvalue weighted by molar-refractivity contribution is -0.131. The van der Waals surface area contributed by atoms with Gasteiger partial charge in [0.1, 0.15) is 6.10 Å². The molecule has 2 saturated heterocycles. The van der Waals surface area contributed by atoms with Crippen LogP contribution in [0.4, 0.5) is 0 Å². The minimum Gasteiger partial charge on any atom is -0.368 e. The van der Waals surface area contributed by atoms with Crippen LogP contribution in [0.3, 0.4) is 0 Å². The largest absolute Gasteiger partial charge is 0.368 e. The molecule has 1 N–H and O–H groups in total. The molecule has 2 heterocycles. The van der Waals surface area contributed by atoms with Crippen molar-refractivity contribution in [1.82, 2.24) is 10.2 Å². The number of amides is 1. The Labute approximate surface area is 110 Å². The summed E-state index contributed by atoms with van der Waals surface area (Å²) in [5.41, 5.74) is 0.240. The Morgan fingerprint density at radius 1 is 1.22 bits per heavy atom. The second kappa shape index (κ2) is 5.57. The Balaban J connectivity index is 1.75. The van der Waals surface area contributed by atoms with Gasteiger partial charge in [-0.3, -0.25) is 9.69 Å². The molecule has 2 aliphatic heterocycles. The van der Waals surface area contributed by atoms with Crippen LogP contribution in [0.1, 0.15) is 46.5 Å². The highest BCUT2D eigenvalue weighted by Crippen LogP contribution is 2.20. The molecule has 0 aliphatic carbocycles. The first-order valence-corrected chi connectivity index (χ1v) is 7.14. The summed E-state index contributed by atoms with van der Waals surface area (Å²) >= 11 is 0. The number of nitrogens with zero attached hydrogens (tertiary/aromatic N) is 1. The Kier molecular flexibility index (Phi) is 4.28. The second-order valence-electron chi connectivity index (χ2n) is 6.44. The van der Waals surface area contributed by atoms with Gasteiger partial charge in [-0.25, -0.2) is 0 Å². The van der Waals surface area contributed by atoms with Crippen LogP contribution in [0.25, 0.3) is 0 Å². The summed E-state index contributed by atoms with van der Waals surface area (Å²) in [5, 5.41) is 3.14. The van der Waals surface area contributed by atoms with Crippen LogP contribution in [0, 0.1) is 0 Å². The van der Waals surface area contributed by atoms with E-state index in [1.165, 1.54) is 0 Å². The summed E-state index contributed by atoms with van der Waals surface area (Å²) < 4.78 is 5.41. The summed E-state index contributed by atoms with van der Waals surface area (Å²) in [5.74, 6) is 0.0988. The first-order valence-electron chi connectivity index (χ1n) is 7.14. The molecule has 4 heteroatoms. The van der Waals surface area contributed by atoms with E-state index < -0.39 is 0 Å². The lowest BCUT2D eigenvalue weighted by atomic mass is 9.98. The van der Waals surface area contributed by atoms with E-state index in [2.05, 4.69) is 31.0 Å². The minimum absolute atomic E-state index is 0.0988. The summed E-state index contributed by atoms with van der Waals surface area (Å²) in [6.45, 7) is 9.62. The van der Waals surface area contributed by atoms with Crippen LogP contribution >= 0.6 is 0 Å². The van der Waals surface area contributed by atoms with Crippen molar-refractivity contribution in [3.05, 3.63) is 0 Å². The van der Waals surface area contributed by atoms with Crippen LogP contribution in [-0.4, -0.2) is 48.2 Å². The van der Waals surface area contributed by atoms with Gasteiger partial charge in [0.05, 0.1) is 0 Å². The number of hydrogen-bond donors (Lipinski definition) is 1. The van der Waals surface area contributed by atoms with E-state index in [-0.39, 0.29) is 17.6 Å². The molecule has 0 bridgehead atoms. The van der Waals surface area contributed by atoms with Gasteiger partial charge in [-0.05, 0) is 46.5 Å². The van der Waals surface area contributed by atoms with Crippen LogP contribution in [0.2, 0.25) is 0 Å². The smallest absolute Gasteiger partial charge is 0.249 e. The molecule has 4 nitrogen and oxygen atoms in total. The number of hydrogen-bond acceptors (Lipinski definition) is 3. The first-order chi connectivity index (χ1) is 8.47. The highest BCUT2D eigenvalue weighted by molar-refractivity contribution is 5.81. The van der Waals surface area contributed by atoms with E-state index in [0.717, 1.165) is 45.4 Å². The lowest BCUT2D eigenvalue weighted by Crippen LogP contribution is -2.52. The zero-order valence-electron chi connectivity index (χ0n) is 11.9. The third kappa shape index (κ3) is 3.45. The van der Waals surface area contributed by atoms with Gasteiger partial charge in [0.15, 0.2) is 0 Å². The quantitative estimate of drug-likeness (QED) is 0.813. The molecule has 18 heavy (non-hydrogen) atoms. The Bertz CT molecular complexity index is 285. The fraction of sp³-hybridized carbons (Fsp3) is 0.929. The fourth-order valence-corrected chi connectivity index (χ4v) is 2.77. The Morgan fingerprint density at radius 2 is 1.89 bits per heavy atom. The van der Waals surface area contributed by atoms with E-state index >= 15 is 0 Å². The van der Waals surface area contributed by atoms with Crippen molar-refractivity contribution >= 4 is 5.91 Å². The zero-order chi connectivity index (χ0) is 13.2. The lowest BCUT2D eigenvalue weighted by Gasteiger charge is -2.41. The van der Waals surface area contributed by atoms with E-state index in [4.69, 9.17) is 4.74 Å². The molecule has 0 aromatic carbocycles. The molecule has 104 valence electrons. The predicted molar refractivity (Wildman–Crippen MR) is 71.5 cm³/mol. The highest BCUT2D eigenvalue weighted by Gasteiger charge is 2.30. The maximum atomic E-state index is 11.9. The zero-order valence-corrected chi connectivity index (χ0v) is 11.9. The summed E-state index contributed by atoms with van der Waals surface area (Å²) in [4.78, 5) is 14.4. The van der Waals surface area contributed by atoms with E-state index in [1.54, 1.807) is 0 Å². The third-order valence-electron chi connectivity index (χ3n) is 4.01. The monoisotopic (exact) mass is 254 g/mol. The van der Waals surface area contributed by atoms with Crippen molar-refractivity contribution < 1.29 is 9.53 Å². The standard InChI is InChI=1S/C14H26N2O2/c1-14(2,3)16-8-6-11(7-9-16)15-13(17)12-5-4-10-18-12/h11-12H,4-10H2,1-3H3,(H,15,17). The van der Waals surface area contributed by atoms with Crippen molar-refractivity contribution in [2.45, 2.75) is 64.1 Å². The van der Waals surface area contributed by atoms with E-state index in [1.807, 2.05) is 0 Å². The molecule has 1 unspecified atom stereocenters. The van der Waals surface area contributed by atoms with E-state index in [9.17, 15) is 4.79 Å². The van der Waals surface area contributed by atoms with Gasteiger partial charge < -0.3 is 10.1 Å². The van der Waals surface area contributed by atoms with E-state index in [0.29, 0.717) is 6.04 Å². The van der Waals surface area contributed by atoms with Gasteiger partial charge >= 0.3 is 0 Å². The molecule has 1 amide bonds. The molecule has 0 aromatic rings. The molecule has 0 saturated carbocycles. The number of carbonyl (C=O) groups is 1. The summed E-state index contributed by atoms with van der Waals surface area (Å²) in [6.07, 6.45) is 3.81. The average Bonchev–Trinajstić information content (AvgIpc) is 2.82. The van der Waals surface area contributed by atoms with Crippen molar-refractivity contribution in [2.24, 2.45) is 0 Å². The van der Waals surface area contributed by atoms with Gasteiger partial charge in [0, 0.05) is 31.3 Å². The Hall–Kier alpha value is -0.610. The van der Waals surface area contributed by atoms with Gasteiger partial charge in [0.25, 0.3) is 0 Å². The number of carbonyl (C=O) groups excluding carboxylic acids is 1. The van der Waals surface area contributed by atoms with Crippen molar-refractivity contribution in [3.63, 3.8) is 0 Å². The van der Waals surface area contributed by atoms with Gasteiger partial charge in [-0.15, -0.1) is 0 Å². The number of piperidine rings is 1. The predicted octanol–water partition coefficient (Wildman–Crippen LogP) is 1.54. The third-order valence-corrected chi connectivity index (χ3v) is 4.01. The van der Waals surface area contributed by atoms with Crippen molar-refractivity contribution in [3.8, 4) is 0 Å². The topological polar surface area (TPSA) is 41.6 Å². The van der Waals surface area contributed by atoms with Crippen molar-refractivity contribution in [1.29, 1.82) is 0 Å². The van der Waals surface area contributed by atoms with Crippen LogP contribution in [-0.2, 0) is 9.53 Å². The molecule has 2 rings (SSSR count). The maximum absolute atomic E-state index is 11.9. The summed E-state index contributed by atoms with van der Waals surface area (Å²) in [6, 6.07) is 0.334. The first kappa shape index (κ1) is 13.8. The molecule has 0 radical (unpaired) electrons. The maximum Gasteiger partial charge on any atom is 0.249 e. The molecule has 1 atom stereocenters. The minimum atomic E-state index is -0.189. The van der Waals surface area contributed by atoms with Crippen molar-refractivity contribution in [2.75, 3.05) is 19.7 Å². The normalized spacial score (nSPS) is 27.4. The van der Waals surface area contributed by atoms with Gasteiger partial charge in [0.2, 0.25) is 5.91 Å². The van der Waals surface area contributed by atoms with Crippen LogP contribution < -0.4 is 5.32 Å². The number of ether oxygens (including phenoxy) is 1. The van der Waals surface area contributed by atoms with Crippen LogP contribution in [0.5, 0.6) is 0 Å². The molecule has 2 aliphatic rings.